The summed E-state index contributed by atoms with van der Waals surface area (Å²) in [6.07, 6.45) is 5.07. The fourth-order valence-corrected chi connectivity index (χ4v) is 4.19. The lowest BCUT2D eigenvalue weighted by molar-refractivity contribution is -0.132. The Labute approximate surface area is 144 Å². The minimum atomic E-state index is 0.210. The zero-order valence-electron chi connectivity index (χ0n) is 15.0. The van der Waals surface area contributed by atoms with E-state index in [1.54, 1.807) is 14.2 Å². The number of benzene rings is 1. The van der Waals surface area contributed by atoms with Crippen LogP contribution < -0.4 is 9.47 Å². The number of likely N-dealkylation sites (tertiary alicyclic amines) is 2. The normalized spacial score (nSPS) is 24.4. The summed E-state index contributed by atoms with van der Waals surface area (Å²) >= 11 is 0. The van der Waals surface area contributed by atoms with E-state index in [9.17, 15) is 4.79 Å². The quantitative estimate of drug-likeness (QED) is 0.830. The van der Waals surface area contributed by atoms with Crippen LogP contribution in [0.1, 0.15) is 31.2 Å². The van der Waals surface area contributed by atoms with Crippen LogP contribution in [0.25, 0.3) is 0 Å². The Hall–Kier alpha value is -1.75. The minimum absolute atomic E-state index is 0.210. The number of hydrogen-bond acceptors (Lipinski definition) is 4. The highest BCUT2D eigenvalue weighted by Gasteiger charge is 2.38. The summed E-state index contributed by atoms with van der Waals surface area (Å²) in [6.45, 7) is 2.03. The lowest BCUT2D eigenvalue weighted by atomic mass is 10.0. The second kappa shape index (κ2) is 7.43. The molecule has 5 nitrogen and oxygen atoms in total. The van der Waals surface area contributed by atoms with Crippen molar-refractivity contribution in [3.63, 3.8) is 0 Å². The summed E-state index contributed by atoms with van der Waals surface area (Å²) in [5.74, 6) is 1.67. The molecule has 2 heterocycles. The van der Waals surface area contributed by atoms with Gasteiger partial charge in [0.05, 0.1) is 20.6 Å². The van der Waals surface area contributed by atoms with Crippen molar-refractivity contribution in [2.45, 2.75) is 44.2 Å². The molecule has 0 spiro atoms. The van der Waals surface area contributed by atoms with E-state index in [0.29, 0.717) is 18.5 Å². The first-order valence-corrected chi connectivity index (χ1v) is 8.84. The molecule has 0 radical (unpaired) electrons. The van der Waals surface area contributed by atoms with E-state index in [2.05, 4.69) is 16.8 Å². The van der Waals surface area contributed by atoms with Gasteiger partial charge in [0, 0.05) is 30.3 Å². The average molecular weight is 332 g/mol. The Kier molecular flexibility index (Phi) is 5.29. The molecular weight excluding hydrogens is 304 g/mol. The van der Waals surface area contributed by atoms with Gasteiger partial charge < -0.3 is 19.3 Å². The minimum Gasteiger partial charge on any atom is -0.497 e. The third-order valence-electron chi connectivity index (χ3n) is 5.48. The molecule has 1 aromatic carbocycles. The number of ether oxygens (including phenoxy) is 2. The van der Waals surface area contributed by atoms with Gasteiger partial charge >= 0.3 is 0 Å². The van der Waals surface area contributed by atoms with Crippen molar-refractivity contribution < 1.29 is 14.3 Å². The van der Waals surface area contributed by atoms with Crippen molar-refractivity contribution in [1.29, 1.82) is 0 Å². The van der Waals surface area contributed by atoms with E-state index in [1.165, 1.54) is 12.8 Å². The maximum atomic E-state index is 12.9. The number of nitrogens with zero attached hydrogens (tertiary/aromatic N) is 2. The number of carbonyl (C=O) groups excluding carboxylic acids is 1. The molecule has 0 unspecified atom stereocenters. The van der Waals surface area contributed by atoms with Gasteiger partial charge in [0.2, 0.25) is 5.91 Å². The zero-order valence-corrected chi connectivity index (χ0v) is 15.0. The fraction of sp³-hybridized carbons (Fsp3) is 0.632. The molecular formula is C19H28N2O3. The molecule has 2 aliphatic rings. The highest BCUT2D eigenvalue weighted by Crippen LogP contribution is 2.31. The topological polar surface area (TPSA) is 42.0 Å². The second-order valence-corrected chi connectivity index (χ2v) is 6.84. The number of rotatable bonds is 5. The van der Waals surface area contributed by atoms with Gasteiger partial charge in [0.15, 0.2) is 0 Å². The van der Waals surface area contributed by atoms with Gasteiger partial charge in [-0.1, -0.05) is 6.07 Å². The van der Waals surface area contributed by atoms with Gasteiger partial charge in [-0.2, -0.15) is 0 Å². The van der Waals surface area contributed by atoms with Crippen LogP contribution in [0.3, 0.4) is 0 Å². The van der Waals surface area contributed by atoms with E-state index >= 15 is 0 Å². The molecule has 0 bridgehead atoms. The number of hydrogen-bond donors (Lipinski definition) is 0. The van der Waals surface area contributed by atoms with Crippen LogP contribution in [0.4, 0.5) is 0 Å². The highest BCUT2D eigenvalue weighted by atomic mass is 16.5. The van der Waals surface area contributed by atoms with Crippen molar-refractivity contribution in [3.8, 4) is 11.5 Å². The average Bonchev–Trinajstić information content (AvgIpc) is 3.23. The second-order valence-electron chi connectivity index (χ2n) is 6.84. The van der Waals surface area contributed by atoms with Crippen molar-refractivity contribution in [1.82, 2.24) is 9.80 Å². The third kappa shape index (κ3) is 3.36. The molecule has 24 heavy (non-hydrogen) atoms. The number of amides is 1. The first-order valence-electron chi connectivity index (χ1n) is 8.84. The molecule has 3 rings (SSSR count). The molecule has 2 fully saturated rings. The number of likely N-dealkylation sites (N-methyl/N-ethyl adjacent to an activating group) is 1. The Morgan fingerprint density at radius 3 is 2.54 bits per heavy atom. The summed E-state index contributed by atoms with van der Waals surface area (Å²) < 4.78 is 10.7. The molecule has 1 amide bonds. The lowest BCUT2D eigenvalue weighted by Gasteiger charge is -2.33. The van der Waals surface area contributed by atoms with E-state index in [-0.39, 0.29) is 5.91 Å². The van der Waals surface area contributed by atoms with Crippen molar-refractivity contribution in [3.05, 3.63) is 23.8 Å². The predicted octanol–water partition coefficient (Wildman–Crippen LogP) is 2.33. The molecule has 2 saturated heterocycles. The van der Waals surface area contributed by atoms with Crippen LogP contribution in [0.5, 0.6) is 11.5 Å². The van der Waals surface area contributed by atoms with Crippen LogP contribution in [0.15, 0.2) is 18.2 Å². The van der Waals surface area contributed by atoms with Gasteiger partial charge in [-0.25, -0.2) is 0 Å². The van der Waals surface area contributed by atoms with Crippen LogP contribution in [0, 0.1) is 0 Å². The largest absolute Gasteiger partial charge is 0.497 e. The fourth-order valence-electron chi connectivity index (χ4n) is 4.19. The van der Waals surface area contributed by atoms with Gasteiger partial charge in [-0.15, -0.1) is 0 Å². The Morgan fingerprint density at radius 1 is 1.12 bits per heavy atom. The maximum absolute atomic E-state index is 12.9. The molecule has 0 aliphatic carbocycles. The molecule has 2 atom stereocenters. The predicted molar refractivity (Wildman–Crippen MR) is 93.6 cm³/mol. The van der Waals surface area contributed by atoms with Crippen LogP contribution >= 0.6 is 0 Å². The summed E-state index contributed by atoms with van der Waals surface area (Å²) in [7, 11) is 5.45. The van der Waals surface area contributed by atoms with Gasteiger partial charge in [-0.3, -0.25) is 4.79 Å². The van der Waals surface area contributed by atoms with E-state index in [4.69, 9.17) is 9.47 Å². The van der Waals surface area contributed by atoms with E-state index < -0.39 is 0 Å². The van der Waals surface area contributed by atoms with Crippen molar-refractivity contribution in [2.75, 3.05) is 34.4 Å². The Bertz CT molecular complexity index is 590. The van der Waals surface area contributed by atoms with Gasteiger partial charge in [0.25, 0.3) is 0 Å². The monoisotopic (exact) mass is 332 g/mol. The lowest BCUT2D eigenvalue weighted by Crippen LogP contribution is -2.47. The third-order valence-corrected chi connectivity index (χ3v) is 5.48. The van der Waals surface area contributed by atoms with Crippen LogP contribution in [0.2, 0.25) is 0 Å². The summed E-state index contributed by atoms with van der Waals surface area (Å²) in [4.78, 5) is 17.5. The van der Waals surface area contributed by atoms with Crippen molar-refractivity contribution >= 4 is 5.91 Å². The zero-order chi connectivity index (χ0) is 17.1. The SMILES string of the molecule is COc1ccc(CC(=O)N2CCC[C@H]2[C@H]2CCCN2C)c(OC)c1. The van der Waals surface area contributed by atoms with E-state index in [0.717, 1.165) is 43.0 Å². The maximum Gasteiger partial charge on any atom is 0.227 e. The van der Waals surface area contributed by atoms with Crippen molar-refractivity contribution in [2.24, 2.45) is 0 Å². The van der Waals surface area contributed by atoms with Crippen LogP contribution in [-0.4, -0.2) is 62.1 Å². The summed E-state index contributed by atoms with van der Waals surface area (Å²) in [5.41, 5.74) is 0.925. The molecule has 2 aliphatic heterocycles. The molecule has 5 heteroatoms. The number of carbonyl (C=O) groups is 1. The number of methoxy groups -OCH3 is 2. The molecule has 132 valence electrons. The first kappa shape index (κ1) is 17.1. The summed E-state index contributed by atoms with van der Waals surface area (Å²) in [6, 6.07) is 6.55. The van der Waals surface area contributed by atoms with Crippen LogP contribution in [-0.2, 0) is 11.2 Å². The highest BCUT2D eigenvalue weighted by molar-refractivity contribution is 5.80. The Morgan fingerprint density at radius 2 is 1.88 bits per heavy atom. The standard InChI is InChI=1S/C19H28N2O3/c1-20-10-4-6-16(20)17-7-5-11-21(17)19(22)12-14-8-9-15(23-2)13-18(14)24-3/h8-9,13,16-17H,4-7,10-12H2,1-3H3/t16-,17+/m1/s1. The molecule has 1 aromatic rings. The Balaban J connectivity index is 1.72. The van der Waals surface area contributed by atoms with Gasteiger partial charge in [0.1, 0.15) is 11.5 Å². The molecule has 0 saturated carbocycles. The summed E-state index contributed by atoms with van der Waals surface area (Å²) in [5, 5.41) is 0. The first-order chi connectivity index (χ1) is 11.6. The van der Waals surface area contributed by atoms with E-state index in [1.807, 2.05) is 18.2 Å². The molecule has 0 N–H and O–H groups in total. The molecule has 0 aromatic heterocycles. The smallest absolute Gasteiger partial charge is 0.227 e. The van der Waals surface area contributed by atoms with Gasteiger partial charge in [-0.05, 0) is 45.3 Å².